The molecule has 2 aliphatic rings. The maximum atomic E-state index is 12.7. The maximum Gasteiger partial charge on any atom is 0.490 e. The third kappa shape index (κ3) is 10.8. The van der Waals surface area contributed by atoms with Gasteiger partial charge in [0.1, 0.15) is 17.8 Å². The van der Waals surface area contributed by atoms with Gasteiger partial charge in [-0.2, -0.15) is 13.2 Å². The molecule has 0 radical (unpaired) electrons. The molecule has 0 unspecified atom stereocenters. The molecule has 45 heavy (non-hydrogen) atoms. The zero-order valence-electron chi connectivity index (χ0n) is 23.4. The minimum atomic E-state index is -5.08. The van der Waals surface area contributed by atoms with Crippen LogP contribution < -0.4 is 15.8 Å². The predicted molar refractivity (Wildman–Crippen MR) is 168 cm³/mol. The van der Waals surface area contributed by atoms with Crippen LogP contribution in [0.2, 0.25) is 0 Å². The molecule has 3 amide bonds. The van der Waals surface area contributed by atoms with Gasteiger partial charge in [0.25, 0.3) is 5.91 Å². The Kier molecular flexibility index (Phi) is 14.5. The van der Waals surface area contributed by atoms with Crippen LogP contribution in [0.1, 0.15) is 18.4 Å². The molecular weight excluding hydrogens is 877 g/mol. The highest BCUT2D eigenvalue weighted by Crippen LogP contribution is 2.41. The van der Waals surface area contributed by atoms with E-state index in [1.165, 1.54) is 18.3 Å². The second kappa shape index (κ2) is 16.8. The quantitative estimate of drug-likeness (QED) is 0.244. The fraction of sp³-hybridized carbons (Fsp3) is 0.440. The largest absolute Gasteiger partial charge is 0.495 e. The molecule has 0 saturated carbocycles. The van der Waals surface area contributed by atoms with Gasteiger partial charge in [0.05, 0.1) is 33.6 Å². The van der Waals surface area contributed by atoms with Crippen LogP contribution >= 0.6 is 63.7 Å². The lowest BCUT2D eigenvalue weighted by molar-refractivity contribution is -0.225. The number of urea groups is 1. The van der Waals surface area contributed by atoms with Gasteiger partial charge in [-0.1, -0.05) is 21.1 Å². The number of halogens is 7. The molecule has 20 heteroatoms. The van der Waals surface area contributed by atoms with Crippen LogP contribution in [0.5, 0.6) is 5.75 Å². The lowest BCUT2D eigenvalue weighted by Gasteiger charge is -2.27. The van der Waals surface area contributed by atoms with E-state index in [4.69, 9.17) is 34.7 Å². The Hall–Kier alpha value is -2.55. The number of amides is 3. The smallest absolute Gasteiger partial charge is 0.490 e. The summed E-state index contributed by atoms with van der Waals surface area (Å²) < 4.78 is 51.1. The molecule has 2 heterocycles. The van der Waals surface area contributed by atoms with Crippen molar-refractivity contribution in [2.45, 2.75) is 37.3 Å². The van der Waals surface area contributed by atoms with Gasteiger partial charge in [-0.3, -0.25) is 4.79 Å². The number of hydrogen-bond acceptors (Lipinski definition) is 9. The number of nitrogens with zero attached hydrogens (tertiary/aromatic N) is 2. The number of ether oxygens (including phenoxy) is 3. The number of alkyl halides is 3. The lowest BCUT2D eigenvalue weighted by atomic mass is 10.0. The lowest BCUT2D eigenvalue weighted by Crippen LogP contribution is -2.49. The number of oxime groups is 1. The van der Waals surface area contributed by atoms with Crippen LogP contribution in [0.4, 0.5) is 18.0 Å². The van der Waals surface area contributed by atoms with Gasteiger partial charge in [-0.25, -0.2) is 9.59 Å². The Bertz CT molecular complexity index is 1350. The number of carboxylic acids is 1. The van der Waals surface area contributed by atoms with Gasteiger partial charge < -0.3 is 45.2 Å². The third-order valence-corrected chi connectivity index (χ3v) is 8.27. The highest BCUT2D eigenvalue weighted by molar-refractivity contribution is 9.12. The van der Waals surface area contributed by atoms with Gasteiger partial charge in [-0.05, 0) is 78.3 Å². The Morgan fingerprint density at radius 1 is 1.22 bits per heavy atom. The molecule has 1 spiro atoms. The summed E-state index contributed by atoms with van der Waals surface area (Å²) in [6.07, 6.45) is -4.02. The van der Waals surface area contributed by atoms with E-state index in [2.05, 4.69) is 74.2 Å². The number of hydrogen-bond donors (Lipinski definition) is 4. The number of aliphatic hydroxyl groups is 1. The first-order valence-corrected chi connectivity index (χ1v) is 15.7. The van der Waals surface area contributed by atoms with Gasteiger partial charge in [0.15, 0.2) is 11.8 Å². The topological polar surface area (TPSA) is 182 Å². The first-order chi connectivity index (χ1) is 20.9. The number of nitrogens with two attached hydrogens (primary N) is 1. The monoisotopic (exact) mass is 900 g/mol. The highest BCUT2D eigenvalue weighted by atomic mass is 79.9. The summed E-state index contributed by atoms with van der Waals surface area (Å²) in [4.78, 5) is 39.6. The molecule has 0 saturated heterocycles. The number of aliphatic hydroxyl groups excluding tert-OH is 1. The average Bonchev–Trinajstić information content (AvgIpc) is 3.19. The van der Waals surface area contributed by atoms with Crippen LogP contribution in [0.25, 0.3) is 0 Å². The molecule has 1 aromatic carbocycles. The highest BCUT2D eigenvalue weighted by Gasteiger charge is 2.54. The second-order valence-electron chi connectivity index (χ2n) is 9.14. The summed E-state index contributed by atoms with van der Waals surface area (Å²) in [5.41, 5.74) is 6.06. The summed E-state index contributed by atoms with van der Waals surface area (Å²) >= 11 is 13.8. The number of rotatable bonds is 10. The fourth-order valence-electron chi connectivity index (χ4n) is 3.54. The molecule has 3 rings (SSSR count). The number of carbonyl (C=O) groups is 3. The molecule has 2 atom stereocenters. The SMILES string of the molecule is COC1=C(Br)C[C@]2(OC=C1Br)ON=C(C(=O)NCCCOc1c(Br)cc(CCN(C)C(N)=O)cc1Br)[C@@H]2O.O=C(O)C(F)(F)F. The first-order valence-electron chi connectivity index (χ1n) is 12.5. The molecule has 250 valence electrons. The van der Waals surface area contributed by atoms with E-state index in [1.807, 2.05) is 12.1 Å². The number of carboxylic acid groups (broad SMARTS) is 1. The van der Waals surface area contributed by atoms with E-state index in [1.54, 1.807) is 7.05 Å². The van der Waals surface area contributed by atoms with Crippen molar-refractivity contribution in [2.75, 3.05) is 33.9 Å². The summed E-state index contributed by atoms with van der Waals surface area (Å²) in [5, 5.41) is 24.4. The van der Waals surface area contributed by atoms with E-state index in [-0.39, 0.29) is 18.7 Å². The Balaban J connectivity index is 0.000000900. The zero-order chi connectivity index (χ0) is 34.1. The van der Waals surface area contributed by atoms with Gasteiger partial charge in [-0.15, -0.1) is 0 Å². The zero-order valence-corrected chi connectivity index (χ0v) is 29.8. The third-order valence-electron chi connectivity index (χ3n) is 5.90. The molecule has 2 aliphatic heterocycles. The van der Waals surface area contributed by atoms with Gasteiger partial charge >= 0.3 is 24.0 Å². The normalized spacial score (nSPS) is 19.2. The summed E-state index contributed by atoms with van der Waals surface area (Å²) in [5.74, 6) is -3.85. The van der Waals surface area contributed by atoms with Crippen LogP contribution in [0.3, 0.4) is 0 Å². The van der Waals surface area contributed by atoms with E-state index in [9.17, 15) is 27.9 Å². The number of methoxy groups -OCH3 is 1. The van der Waals surface area contributed by atoms with Crippen molar-refractivity contribution in [1.82, 2.24) is 10.2 Å². The molecule has 0 fully saturated rings. The van der Waals surface area contributed by atoms with E-state index >= 15 is 0 Å². The van der Waals surface area contributed by atoms with Crippen molar-refractivity contribution < 1.29 is 56.8 Å². The van der Waals surface area contributed by atoms with Crippen LogP contribution in [-0.2, 0) is 30.3 Å². The van der Waals surface area contributed by atoms with Crippen LogP contribution in [0.15, 0.2) is 47.2 Å². The number of primary amides is 1. The maximum absolute atomic E-state index is 12.7. The molecule has 1 aromatic rings. The van der Waals surface area contributed by atoms with Crippen molar-refractivity contribution in [1.29, 1.82) is 0 Å². The van der Waals surface area contributed by atoms with Crippen molar-refractivity contribution in [3.05, 3.63) is 47.6 Å². The summed E-state index contributed by atoms with van der Waals surface area (Å²) in [6.45, 7) is 1.08. The predicted octanol–water partition coefficient (Wildman–Crippen LogP) is 4.64. The number of likely N-dealkylation sites (N-methyl/N-ethyl adjacent to an activating group) is 1. The molecule has 13 nitrogen and oxygen atoms in total. The van der Waals surface area contributed by atoms with E-state index in [0.29, 0.717) is 46.5 Å². The number of benzene rings is 1. The molecule has 0 bridgehead atoms. The van der Waals surface area contributed by atoms with Crippen molar-refractivity contribution in [3.63, 3.8) is 0 Å². The Morgan fingerprint density at radius 3 is 2.36 bits per heavy atom. The number of allylic oxidation sites excluding steroid dienone is 1. The van der Waals surface area contributed by atoms with Crippen molar-refractivity contribution in [2.24, 2.45) is 10.9 Å². The summed E-state index contributed by atoms with van der Waals surface area (Å²) in [6, 6.07) is 3.35. The molecule has 5 N–H and O–H groups in total. The van der Waals surface area contributed by atoms with E-state index in [0.717, 1.165) is 14.5 Å². The summed E-state index contributed by atoms with van der Waals surface area (Å²) in [7, 11) is 3.14. The van der Waals surface area contributed by atoms with Crippen molar-refractivity contribution in [3.8, 4) is 5.75 Å². The number of nitrogens with one attached hydrogen (secondary N) is 1. The van der Waals surface area contributed by atoms with Gasteiger partial charge in [0.2, 0.25) is 0 Å². The first kappa shape index (κ1) is 38.6. The average molecular weight is 904 g/mol. The van der Waals surface area contributed by atoms with Crippen LogP contribution in [0, 0.1) is 0 Å². The molecule has 0 aliphatic carbocycles. The van der Waals surface area contributed by atoms with Crippen molar-refractivity contribution >= 4 is 87.3 Å². The Morgan fingerprint density at radius 2 is 1.82 bits per heavy atom. The van der Waals surface area contributed by atoms with E-state index < -0.39 is 36.0 Å². The Labute approximate surface area is 288 Å². The van der Waals surface area contributed by atoms with Crippen LogP contribution in [-0.4, -0.2) is 90.7 Å². The standard InChI is InChI=1S/C23H26Br4N4O7.C2HF3O2/c1-31(22(28)34)6-4-12-8-13(24)19(14(25)9-12)36-7-3-5-29-21(33)17-20(32)23(38-30-17)10-15(26)18(35-2)16(27)11-37-23;3-2(4,5)1(6)7/h8-9,11,20,32H,3-7,10H2,1-2H3,(H2,28,34)(H,29,33);(H,6,7)/t20-,23-;/m0./s1. The molecule has 0 aromatic heterocycles. The number of carbonyl (C=O) groups excluding carboxylic acids is 2. The second-order valence-corrected chi connectivity index (χ2v) is 12.7. The minimum Gasteiger partial charge on any atom is -0.495 e. The fourth-order valence-corrected chi connectivity index (χ4v) is 6.57. The van der Waals surface area contributed by atoms with Gasteiger partial charge in [0, 0.05) is 24.6 Å². The minimum absolute atomic E-state index is 0.0570. The number of aliphatic carboxylic acids is 1. The molecular formula is C25H27Br4F3N4O9.